The molecule has 1 aromatic heterocycles. The summed E-state index contributed by atoms with van der Waals surface area (Å²) in [6, 6.07) is 12.5. The van der Waals surface area contributed by atoms with E-state index in [0.29, 0.717) is 25.9 Å². The molecule has 2 aliphatic heterocycles. The SMILES string of the molecule is COc1cc2c(cc1C)CC1N(CC3CC3)CCC23CCN(C(=O)Cc2[nH]nc4ccccc24)CCC13O. The van der Waals surface area contributed by atoms with Gasteiger partial charge < -0.3 is 14.7 Å². The number of hydrogen-bond donors (Lipinski definition) is 2. The molecule has 38 heavy (non-hydrogen) atoms. The van der Waals surface area contributed by atoms with E-state index in [4.69, 9.17) is 4.74 Å². The zero-order chi connectivity index (χ0) is 26.1. The first-order valence-corrected chi connectivity index (χ1v) is 14.3. The predicted octanol–water partition coefficient (Wildman–Crippen LogP) is 3.75. The van der Waals surface area contributed by atoms with E-state index < -0.39 is 5.60 Å². The monoisotopic (exact) mass is 514 g/mol. The molecule has 2 bridgehead atoms. The van der Waals surface area contributed by atoms with Gasteiger partial charge in [-0.15, -0.1) is 0 Å². The number of benzene rings is 2. The normalized spacial score (nSPS) is 29.0. The summed E-state index contributed by atoms with van der Waals surface area (Å²) in [6.45, 7) is 5.44. The van der Waals surface area contributed by atoms with Crippen molar-refractivity contribution in [2.75, 3.05) is 33.3 Å². The summed E-state index contributed by atoms with van der Waals surface area (Å²) in [7, 11) is 1.73. The Morgan fingerprint density at radius 1 is 1.16 bits per heavy atom. The van der Waals surface area contributed by atoms with E-state index in [-0.39, 0.29) is 17.4 Å². The molecular weight excluding hydrogens is 476 g/mol. The van der Waals surface area contributed by atoms with Crippen LogP contribution in [0.3, 0.4) is 0 Å². The fourth-order valence-corrected chi connectivity index (χ4v) is 7.92. The van der Waals surface area contributed by atoms with E-state index in [2.05, 4.69) is 34.2 Å². The number of fused-ring (bicyclic) bond motifs is 2. The van der Waals surface area contributed by atoms with Gasteiger partial charge in [0.05, 0.1) is 30.3 Å². The number of carbonyl (C=O) groups excluding carboxylic acids is 1. The van der Waals surface area contributed by atoms with Gasteiger partial charge in [0.2, 0.25) is 5.91 Å². The number of carbonyl (C=O) groups is 1. The maximum absolute atomic E-state index is 13.6. The molecule has 2 saturated heterocycles. The molecule has 2 N–H and O–H groups in total. The molecule has 3 atom stereocenters. The van der Waals surface area contributed by atoms with E-state index in [1.54, 1.807) is 7.11 Å². The van der Waals surface area contributed by atoms with Crippen molar-refractivity contribution in [3.63, 3.8) is 0 Å². The number of hydrogen-bond acceptors (Lipinski definition) is 5. The van der Waals surface area contributed by atoms with E-state index >= 15 is 0 Å². The number of rotatable bonds is 5. The molecule has 3 heterocycles. The third-order valence-corrected chi connectivity index (χ3v) is 10.2. The Morgan fingerprint density at radius 3 is 2.76 bits per heavy atom. The number of para-hydroxylation sites is 1. The Labute approximate surface area is 224 Å². The lowest BCUT2D eigenvalue weighted by atomic mass is 9.52. The van der Waals surface area contributed by atoms with Crippen LogP contribution < -0.4 is 4.74 Å². The molecule has 1 amide bonds. The van der Waals surface area contributed by atoms with Crippen LogP contribution in [-0.2, 0) is 23.1 Å². The molecule has 7 nitrogen and oxygen atoms in total. The number of piperidine rings is 1. The summed E-state index contributed by atoms with van der Waals surface area (Å²) in [4.78, 5) is 18.2. The van der Waals surface area contributed by atoms with Crippen molar-refractivity contribution in [3.8, 4) is 5.75 Å². The number of amides is 1. The highest BCUT2D eigenvalue weighted by Crippen LogP contribution is 2.57. The van der Waals surface area contributed by atoms with Crippen molar-refractivity contribution in [2.24, 2.45) is 5.92 Å². The molecule has 3 fully saturated rings. The minimum atomic E-state index is -0.872. The Bertz CT molecular complexity index is 1400. The molecule has 2 aliphatic carbocycles. The fraction of sp³-hybridized carbons (Fsp3) is 0.548. The van der Waals surface area contributed by atoms with Gasteiger partial charge in [-0.25, -0.2) is 0 Å². The van der Waals surface area contributed by atoms with Crippen molar-refractivity contribution < 1.29 is 14.6 Å². The topological polar surface area (TPSA) is 81.7 Å². The molecular formula is C31H38N4O3. The number of aromatic amines is 1. The standard InChI is InChI=1S/C31H38N4O3/c1-20-15-22-16-28-31(37)11-14-34(29(36)18-26-23-5-3-4-6-25(23)32-33-26)12-9-30(31,24(22)17-27(20)38-2)10-13-35(28)19-21-7-8-21/h3-6,15,17,21,28,37H,7-14,16,18-19H2,1-2H3,(H,32,33). The first-order valence-electron chi connectivity index (χ1n) is 14.3. The molecule has 2 aromatic carbocycles. The van der Waals surface area contributed by atoms with E-state index in [1.807, 2.05) is 29.2 Å². The smallest absolute Gasteiger partial charge is 0.228 e. The molecule has 7 heteroatoms. The van der Waals surface area contributed by atoms with Gasteiger partial charge in [0.1, 0.15) is 5.75 Å². The average molecular weight is 515 g/mol. The molecule has 1 saturated carbocycles. The minimum absolute atomic E-state index is 0.0868. The number of ether oxygens (including phenoxy) is 1. The van der Waals surface area contributed by atoms with Crippen LogP contribution in [-0.4, -0.2) is 75.9 Å². The van der Waals surface area contributed by atoms with Crippen LogP contribution in [0.4, 0.5) is 0 Å². The van der Waals surface area contributed by atoms with Crippen molar-refractivity contribution in [1.82, 2.24) is 20.0 Å². The molecule has 7 rings (SSSR count). The fourth-order valence-electron chi connectivity index (χ4n) is 7.92. The number of aryl methyl sites for hydroxylation is 1. The van der Waals surface area contributed by atoms with Crippen molar-refractivity contribution in [1.29, 1.82) is 0 Å². The lowest BCUT2D eigenvalue weighted by Gasteiger charge is -2.61. The first kappa shape index (κ1) is 24.2. The molecule has 200 valence electrons. The second kappa shape index (κ2) is 8.82. The lowest BCUT2D eigenvalue weighted by Crippen LogP contribution is -2.71. The maximum Gasteiger partial charge on any atom is 0.228 e. The Hall–Kier alpha value is -2.90. The zero-order valence-electron chi connectivity index (χ0n) is 22.5. The van der Waals surface area contributed by atoms with Crippen LogP contribution in [0.2, 0.25) is 0 Å². The number of nitrogens with one attached hydrogen (secondary N) is 1. The van der Waals surface area contributed by atoms with Crippen molar-refractivity contribution in [2.45, 2.75) is 68.9 Å². The molecule has 3 unspecified atom stereocenters. The Balaban J connectivity index is 1.23. The second-order valence-corrected chi connectivity index (χ2v) is 12.2. The summed E-state index contributed by atoms with van der Waals surface area (Å²) in [5.41, 5.74) is 4.25. The summed E-state index contributed by atoms with van der Waals surface area (Å²) >= 11 is 0. The quantitative estimate of drug-likeness (QED) is 0.542. The Kier molecular flexibility index (Phi) is 5.61. The number of aliphatic hydroxyl groups is 1. The third-order valence-electron chi connectivity index (χ3n) is 10.2. The van der Waals surface area contributed by atoms with Gasteiger partial charge in [-0.05, 0) is 86.7 Å². The van der Waals surface area contributed by atoms with E-state index in [9.17, 15) is 9.90 Å². The minimum Gasteiger partial charge on any atom is -0.496 e. The highest BCUT2D eigenvalue weighted by molar-refractivity contribution is 5.87. The lowest BCUT2D eigenvalue weighted by molar-refractivity contribution is -0.149. The largest absolute Gasteiger partial charge is 0.496 e. The molecule has 3 aromatic rings. The van der Waals surface area contributed by atoms with Gasteiger partial charge in [-0.2, -0.15) is 5.10 Å². The second-order valence-electron chi connectivity index (χ2n) is 12.2. The van der Waals surface area contributed by atoms with Crippen LogP contribution in [0, 0.1) is 12.8 Å². The van der Waals surface area contributed by atoms with Crippen LogP contribution in [0.15, 0.2) is 36.4 Å². The van der Waals surface area contributed by atoms with Gasteiger partial charge in [-0.3, -0.25) is 14.8 Å². The Morgan fingerprint density at radius 2 is 1.95 bits per heavy atom. The molecule has 0 spiro atoms. The molecule has 0 radical (unpaired) electrons. The third kappa shape index (κ3) is 3.62. The molecule has 4 aliphatic rings. The van der Waals surface area contributed by atoms with Crippen molar-refractivity contribution >= 4 is 16.8 Å². The first-order chi connectivity index (χ1) is 18.4. The highest BCUT2D eigenvalue weighted by Gasteiger charge is 2.63. The van der Waals surface area contributed by atoms with Crippen LogP contribution in [0.5, 0.6) is 5.75 Å². The van der Waals surface area contributed by atoms with E-state index in [0.717, 1.165) is 66.2 Å². The van der Waals surface area contributed by atoms with Gasteiger partial charge in [0, 0.05) is 36.5 Å². The van der Waals surface area contributed by atoms with E-state index in [1.165, 1.54) is 24.0 Å². The van der Waals surface area contributed by atoms with Gasteiger partial charge in [0.25, 0.3) is 0 Å². The van der Waals surface area contributed by atoms with Crippen LogP contribution in [0.1, 0.15) is 54.5 Å². The highest BCUT2D eigenvalue weighted by atomic mass is 16.5. The van der Waals surface area contributed by atoms with Crippen LogP contribution >= 0.6 is 0 Å². The average Bonchev–Trinajstić information content (AvgIpc) is 3.67. The summed E-state index contributed by atoms with van der Waals surface area (Å²) < 4.78 is 5.76. The summed E-state index contributed by atoms with van der Waals surface area (Å²) in [5, 5.41) is 21.3. The van der Waals surface area contributed by atoms with Crippen LogP contribution in [0.25, 0.3) is 10.9 Å². The zero-order valence-corrected chi connectivity index (χ0v) is 22.5. The van der Waals surface area contributed by atoms with Gasteiger partial charge in [-0.1, -0.05) is 24.3 Å². The number of H-pyrrole nitrogens is 1. The van der Waals surface area contributed by atoms with Crippen molar-refractivity contribution in [3.05, 3.63) is 58.8 Å². The predicted molar refractivity (Wildman–Crippen MR) is 146 cm³/mol. The maximum atomic E-state index is 13.6. The number of nitrogens with zero attached hydrogens (tertiary/aromatic N) is 3. The van der Waals surface area contributed by atoms with Gasteiger partial charge >= 0.3 is 0 Å². The summed E-state index contributed by atoms with van der Waals surface area (Å²) in [6.07, 6.45) is 6.07. The number of aromatic nitrogens is 2. The van der Waals surface area contributed by atoms with Gasteiger partial charge in [0.15, 0.2) is 0 Å². The number of likely N-dealkylation sites (tertiary alicyclic amines) is 2. The number of methoxy groups -OCH3 is 1. The summed E-state index contributed by atoms with van der Waals surface area (Å²) in [5.74, 6) is 1.77.